The van der Waals surface area contributed by atoms with Gasteiger partial charge in [0.1, 0.15) is 5.82 Å². The molecule has 3 heterocycles. The molecule has 3 rings (SSSR count). The number of hydrogen-bond donors (Lipinski definition) is 2. The molecule has 0 aromatic carbocycles. The Morgan fingerprint density at radius 2 is 2.03 bits per heavy atom. The molecule has 8 nitrogen and oxygen atoms in total. The molecule has 2 amide bonds. The second kappa shape index (κ2) is 9.60. The Morgan fingerprint density at radius 3 is 2.76 bits per heavy atom. The number of aryl methyl sites for hydroxylation is 1. The van der Waals surface area contributed by atoms with Crippen molar-refractivity contribution in [2.45, 2.75) is 39.5 Å². The topological polar surface area (TPSA) is 92.3 Å². The molecule has 1 fully saturated rings. The first-order valence-corrected chi connectivity index (χ1v) is 10.8. The van der Waals surface area contributed by atoms with Gasteiger partial charge in [0.05, 0.1) is 29.5 Å². The van der Waals surface area contributed by atoms with Crippen molar-refractivity contribution < 1.29 is 9.53 Å². The third kappa shape index (κ3) is 6.19. The van der Waals surface area contributed by atoms with E-state index in [-0.39, 0.29) is 11.4 Å². The van der Waals surface area contributed by atoms with Crippen LogP contribution in [-0.4, -0.2) is 65.3 Å². The van der Waals surface area contributed by atoms with E-state index < -0.39 is 0 Å². The number of urea groups is 1. The average Bonchev–Trinajstić information content (AvgIpc) is 3.05. The van der Waals surface area contributed by atoms with Gasteiger partial charge in [-0.2, -0.15) is 0 Å². The molecule has 29 heavy (non-hydrogen) atoms. The minimum Gasteiger partial charge on any atom is -0.379 e. The maximum Gasteiger partial charge on any atom is 0.321 e. The normalized spacial score (nSPS) is 15.3. The van der Waals surface area contributed by atoms with Crippen molar-refractivity contribution in [3.05, 3.63) is 23.8 Å². The largest absolute Gasteiger partial charge is 0.379 e. The Bertz CT molecular complexity index is 827. The maximum atomic E-state index is 12.2. The number of rotatable bonds is 6. The van der Waals surface area contributed by atoms with E-state index in [0.29, 0.717) is 11.7 Å². The third-order valence-electron chi connectivity index (χ3n) is 4.62. The molecule has 0 saturated carbocycles. The zero-order valence-corrected chi connectivity index (χ0v) is 18.4. The lowest BCUT2D eigenvalue weighted by Crippen LogP contribution is -2.38. The Labute approximate surface area is 176 Å². The number of anilines is 1. The second-order valence-electron chi connectivity index (χ2n) is 8.14. The fourth-order valence-corrected chi connectivity index (χ4v) is 3.94. The van der Waals surface area contributed by atoms with Crippen LogP contribution in [-0.2, 0) is 10.2 Å². The molecule has 0 unspecified atom stereocenters. The monoisotopic (exact) mass is 418 g/mol. The lowest BCUT2D eigenvalue weighted by molar-refractivity contribution is 0.0375. The standard InChI is InChI=1S/C20H30N6O2S/c1-14-16(15-6-8-21-17(24-15)20(2,3)4)29-19(23-14)25-18(27)22-7-5-9-26-10-12-28-13-11-26/h6,8H,5,7,9-13H2,1-4H3,(H2,22,23,25,27). The van der Waals surface area contributed by atoms with E-state index in [2.05, 4.69) is 46.3 Å². The van der Waals surface area contributed by atoms with Gasteiger partial charge in [-0.25, -0.2) is 19.7 Å². The number of amides is 2. The van der Waals surface area contributed by atoms with Gasteiger partial charge >= 0.3 is 6.03 Å². The van der Waals surface area contributed by atoms with Gasteiger partial charge in [0.2, 0.25) is 0 Å². The molecule has 2 aromatic heterocycles. The van der Waals surface area contributed by atoms with E-state index in [9.17, 15) is 4.79 Å². The number of hydrogen-bond acceptors (Lipinski definition) is 7. The van der Waals surface area contributed by atoms with E-state index in [1.165, 1.54) is 11.3 Å². The number of carbonyl (C=O) groups is 1. The zero-order chi connectivity index (χ0) is 20.9. The fraction of sp³-hybridized carbons (Fsp3) is 0.600. The van der Waals surface area contributed by atoms with Crippen molar-refractivity contribution in [1.82, 2.24) is 25.2 Å². The summed E-state index contributed by atoms with van der Waals surface area (Å²) in [6, 6.07) is 1.65. The molecule has 1 saturated heterocycles. The molecular formula is C20H30N6O2S. The quantitative estimate of drug-likeness (QED) is 0.701. The van der Waals surface area contributed by atoms with Gasteiger partial charge in [-0.05, 0) is 26.0 Å². The lowest BCUT2D eigenvalue weighted by atomic mass is 9.95. The summed E-state index contributed by atoms with van der Waals surface area (Å²) in [5, 5.41) is 6.31. The summed E-state index contributed by atoms with van der Waals surface area (Å²) in [5.41, 5.74) is 1.55. The van der Waals surface area contributed by atoms with E-state index in [4.69, 9.17) is 9.72 Å². The van der Waals surface area contributed by atoms with E-state index >= 15 is 0 Å². The first-order valence-electron chi connectivity index (χ1n) is 9.99. The van der Waals surface area contributed by atoms with Gasteiger partial charge in [0.15, 0.2) is 5.13 Å². The van der Waals surface area contributed by atoms with E-state index in [1.807, 2.05) is 13.0 Å². The Kier molecular flexibility index (Phi) is 7.15. The number of morpholine rings is 1. The highest BCUT2D eigenvalue weighted by Gasteiger charge is 2.19. The number of ether oxygens (including phenoxy) is 1. The minimum absolute atomic E-state index is 0.128. The van der Waals surface area contributed by atoms with Crippen LogP contribution in [0.25, 0.3) is 10.6 Å². The Balaban J connectivity index is 1.53. The number of nitrogens with one attached hydrogen (secondary N) is 2. The smallest absolute Gasteiger partial charge is 0.321 e. The summed E-state index contributed by atoms with van der Waals surface area (Å²) < 4.78 is 5.34. The molecule has 1 aliphatic rings. The predicted octanol–water partition coefficient (Wildman–Crippen LogP) is 3.05. The van der Waals surface area contributed by atoms with Crippen LogP contribution in [0.4, 0.5) is 9.93 Å². The second-order valence-corrected chi connectivity index (χ2v) is 9.14. The van der Waals surface area contributed by atoms with Crippen LogP contribution < -0.4 is 10.6 Å². The molecule has 2 aromatic rings. The van der Waals surface area contributed by atoms with Crippen molar-refractivity contribution in [1.29, 1.82) is 0 Å². The molecule has 158 valence electrons. The molecule has 9 heteroatoms. The van der Waals surface area contributed by atoms with Gasteiger partial charge in [-0.3, -0.25) is 10.2 Å². The van der Waals surface area contributed by atoms with Crippen LogP contribution in [0, 0.1) is 6.92 Å². The van der Waals surface area contributed by atoms with Crippen LogP contribution in [0.5, 0.6) is 0 Å². The van der Waals surface area contributed by atoms with Crippen molar-refractivity contribution >= 4 is 22.5 Å². The van der Waals surface area contributed by atoms with Crippen LogP contribution in [0.2, 0.25) is 0 Å². The Hall–Kier alpha value is -2.10. The van der Waals surface area contributed by atoms with Crippen molar-refractivity contribution in [2.24, 2.45) is 0 Å². The SMILES string of the molecule is Cc1nc(NC(=O)NCCCN2CCOCC2)sc1-c1ccnc(C(C)(C)C)n1. The van der Waals surface area contributed by atoms with Crippen molar-refractivity contribution in [3.8, 4) is 10.6 Å². The van der Waals surface area contributed by atoms with E-state index in [1.54, 1.807) is 6.20 Å². The van der Waals surface area contributed by atoms with Gasteiger partial charge < -0.3 is 10.1 Å². The molecule has 0 spiro atoms. The summed E-state index contributed by atoms with van der Waals surface area (Å²) in [5.74, 6) is 0.787. The molecule has 0 aliphatic carbocycles. The van der Waals surface area contributed by atoms with Gasteiger partial charge in [-0.15, -0.1) is 0 Å². The maximum absolute atomic E-state index is 12.2. The zero-order valence-electron chi connectivity index (χ0n) is 17.6. The summed E-state index contributed by atoms with van der Waals surface area (Å²) in [4.78, 5) is 29.0. The first kappa shape index (κ1) is 21.6. The number of thiazole rings is 1. The van der Waals surface area contributed by atoms with Gasteiger partial charge in [0, 0.05) is 31.2 Å². The van der Waals surface area contributed by atoms with Crippen LogP contribution in [0.1, 0.15) is 38.7 Å². The van der Waals surface area contributed by atoms with E-state index in [0.717, 1.165) is 61.4 Å². The summed E-state index contributed by atoms with van der Waals surface area (Å²) in [6.07, 6.45) is 2.68. The minimum atomic E-state index is -0.231. The van der Waals surface area contributed by atoms with Gasteiger partial charge in [0.25, 0.3) is 0 Å². The van der Waals surface area contributed by atoms with Crippen LogP contribution in [0.3, 0.4) is 0 Å². The number of nitrogens with zero attached hydrogens (tertiary/aromatic N) is 4. The Morgan fingerprint density at radius 1 is 1.28 bits per heavy atom. The molecule has 0 radical (unpaired) electrons. The third-order valence-corrected chi connectivity index (χ3v) is 5.71. The highest BCUT2D eigenvalue weighted by Crippen LogP contribution is 2.32. The van der Waals surface area contributed by atoms with Crippen LogP contribution in [0.15, 0.2) is 12.3 Å². The van der Waals surface area contributed by atoms with Crippen molar-refractivity contribution in [3.63, 3.8) is 0 Å². The molecule has 0 bridgehead atoms. The average molecular weight is 419 g/mol. The first-order chi connectivity index (χ1) is 13.8. The van der Waals surface area contributed by atoms with Crippen molar-refractivity contribution in [2.75, 3.05) is 44.7 Å². The lowest BCUT2D eigenvalue weighted by Gasteiger charge is -2.26. The summed E-state index contributed by atoms with van der Waals surface area (Å²) in [7, 11) is 0. The fourth-order valence-electron chi connectivity index (χ4n) is 3.00. The predicted molar refractivity (Wildman–Crippen MR) is 115 cm³/mol. The molecular weight excluding hydrogens is 388 g/mol. The summed E-state index contributed by atoms with van der Waals surface area (Å²) >= 11 is 1.43. The van der Waals surface area contributed by atoms with Crippen LogP contribution >= 0.6 is 11.3 Å². The highest BCUT2D eigenvalue weighted by molar-refractivity contribution is 7.19. The van der Waals surface area contributed by atoms with Gasteiger partial charge in [-0.1, -0.05) is 32.1 Å². The summed E-state index contributed by atoms with van der Waals surface area (Å²) in [6.45, 7) is 13.3. The highest BCUT2D eigenvalue weighted by atomic mass is 32.1. The molecule has 1 aliphatic heterocycles. The number of carbonyl (C=O) groups excluding carboxylic acids is 1. The number of aromatic nitrogens is 3. The molecule has 0 atom stereocenters. The molecule has 2 N–H and O–H groups in total.